The Morgan fingerprint density at radius 3 is 2.71 bits per heavy atom. The lowest BCUT2D eigenvalue weighted by Crippen LogP contribution is -2.12. The van der Waals surface area contributed by atoms with E-state index in [9.17, 15) is 4.39 Å². The van der Waals surface area contributed by atoms with Gasteiger partial charge >= 0.3 is 0 Å². The fraction of sp³-hybridized carbons (Fsp3) is 0.400. The molecule has 0 aliphatic rings. The molecule has 0 atom stereocenters. The van der Waals surface area contributed by atoms with Gasteiger partial charge in [0.15, 0.2) is 5.58 Å². The first-order chi connectivity index (χ1) is 6.48. The second kappa shape index (κ2) is 2.77. The number of rotatable bonds is 0. The van der Waals surface area contributed by atoms with Crippen LogP contribution in [-0.2, 0) is 5.41 Å². The Hall–Kier alpha value is -1.45. The molecule has 0 aromatic carbocycles. The Bertz CT molecular complexity index is 470. The first kappa shape index (κ1) is 9.12. The summed E-state index contributed by atoms with van der Waals surface area (Å²) in [5.41, 5.74) is 1.65. The number of aromatic nitrogens is 2. The molecular weight excluding hydrogens is 183 g/mol. The lowest BCUT2D eigenvalue weighted by Gasteiger charge is -2.13. The summed E-state index contributed by atoms with van der Waals surface area (Å²) in [6, 6.07) is 1.30. The fourth-order valence-corrected chi connectivity index (χ4v) is 1.30. The number of fused-ring (bicyclic) bond motifs is 1. The molecule has 0 saturated heterocycles. The molecule has 3 nitrogen and oxygen atoms in total. The van der Waals surface area contributed by atoms with Crippen LogP contribution in [0.25, 0.3) is 11.1 Å². The van der Waals surface area contributed by atoms with Crippen molar-refractivity contribution in [3.8, 4) is 0 Å². The normalized spacial score (nSPS) is 12.3. The highest BCUT2D eigenvalue weighted by molar-refractivity contribution is 5.75. The lowest BCUT2D eigenvalue weighted by atomic mass is 9.91. The summed E-state index contributed by atoms with van der Waals surface area (Å²) < 4.78 is 17.8. The molecule has 2 aromatic rings. The summed E-state index contributed by atoms with van der Waals surface area (Å²) in [5, 5.41) is 3.90. The van der Waals surface area contributed by atoms with Gasteiger partial charge in [-0.3, -0.25) is 0 Å². The average molecular weight is 194 g/mol. The van der Waals surface area contributed by atoms with E-state index in [1.54, 1.807) is 0 Å². The molecule has 0 N–H and O–H groups in total. The minimum absolute atomic E-state index is 0.143. The maximum atomic E-state index is 12.8. The minimum atomic E-state index is -0.408. The first-order valence-electron chi connectivity index (χ1n) is 4.40. The Kier molecular flexibility index (Phi) is 1.80. The summed E-state index contributed by atoms with van der Waals surface area (Å²) >= 11 is 0. The van der Waals surface area contributed by atoms with E-state index in [2.05, 4.69) is 10.1 Å². The maximum Gasteiger partial charge on any atom is 0.188 e. The van der Waals surface area contributed by atoms with Crippen molar-refractivity contribution in [3.63, 3.8) is 0 Å². The van der Waals surface area contributed by atoms with Gasteiger partial charge in [0, 0.05) is 11.5 Å². The van der Waals surface area contributed by atoms with Crippen LogP contribution in [0.4, 0.5) is 4.39 Å². The van der Waals surface area contributed by atoms with Crippen molar-refractivity contribution in [1.29, 1.82) is 0 Å². The van der Waals surface area contributed by atoms with Crippen LogP contribution >= 0.6 is 0 Å². The second-order valence-corrected chi connectivity index (χ2v) is 4.28. The molecule has 0 amide bonds. The van der Waals surface area contributed by atoms with Crippen molar-refractivity contribution >= 4 is 11.1 Å². The Balaban J connectivity index is 2.70. The molecule has 2 rings (SSSR count). The number of halogens is 1. The molecule has 0 bridgehead atoms. The molecule has 74 valence electrons. The lowest BCUT2D eigenvalue weighted by molar-refractivity contribution is 0.419. The van der Waals surface area contributed by atoms with Crippen LogP contribution in [0, 0.1) is 5.82 Å². The van der Waals surface area contributed by atoms with Crippen LogP contribution in [0.5, 0.6) is 0 Å². The summed E-state index contributed by atoms with van der Waals surface area (Å²) in [7, 11) is 0. The summed E-state index contributed by atoms with van der Waals surface area (Å²) in [6.45, 7) is 6.03. The third-order valence-electron chi connectivity index (χ3n) is 1.99. The fourth-order valence-electron chi connectivity index (χ4n) is 1.30. The minimum Gasteiger partial charge on any atom is -0.354 e. The molecule has 14 heavy (non-hydrogen) atoms. The van der Waals surface area contributed by atoms with Gasteiger partial charge in [-0.25, -0.2) is 9.37 Å². The van der Waals surface area contributed by atoms with Gasteiger partial charge in [-0.05, 0) is 0 Å². The zero-order chi connectivity index (χ0) is 10.3. The van der Waals surface area contributed by atoms with Crippen molar-refractivity contribution in [2.75, 3.05) is 0 Å². The van der Waals surface area contributed by atoms with Crippen molar-refractivity contribution in [3.05, 3.63) is 23.8 Å². The van der Waals surface area contributed by atoms with E-state index in [0.29, 0.717) is 11.1 Å². The van der Waals surface area contributed by atoms with E-state index >= 15 is 0 Å². The molecule has 0 aliphatic heterocycles. The molecular formula is C10H11FN2O. The smallest absolute Gasteiger partial charge is 0.188 e. The highest BCUT2D eigenvalue weighted by Gasteiger charge is 2.22. The predicted molar refractivity (Wildman–Crippen MR) is 50.5 cm³/mol. The Morgan fingerprint density at radius 2 is 2.07 bits per heavy atom. The molecule has 0 radical (unpaired) electrons. The Morgan fingerprint density at radius 1 is 1.36 bits per heavy atom. The van der Waals surface area contributed by atoms with E-state index < -0.39 is 5.82 Å². The molecule has 4 heteroatoms. The SMILES string of the molecule is CC(C)(C)c1noc2cc(F)cnc12. The topological polar surface area (TPSA) is 38.9 Å². The van der Waals surface area contributed by atoms with Crippen LogP contribution in [0.3, 0.4) is 0 Å². The number of nitrogens with zero attached hydrogens (tertiary/aromatic N) is 2. The average Bonchev–Trinajstić information content (AvgIpc) is 2.45. The van der Waals surface area contributed by atoms with Crippen LogP contribution in [-0.4, -0.2) is 10.1 Å². The van der Waals surface area contributed by atoms with Gasteiger partial charge in [0.2, 0.25) is 0 Å². The van der Waals surface area contributed by atoms with Crippen molar-refractivity contribution in [2.24, 2.45) is 0 Å². The van der Waals surface area contributed by atoms with Gasteiger partial charge in [-0.15, -0.1) is 0 Å². The highest BCUT2D eigenvalue weighted by atomic mass is 19.1. The van der Waals surface area contributed by atoms with E-state index in [4.69, 9.17) is 4.52 Å². The summed E-state index contributed by atoms with van der Waals surface area (Å²) in [4.78, 5) is 3.98. The summed E-state index contributed by atoms with van der Waals surface area (Å²) in [6.07, 6.45) is 1.18. The Labute approximate surface area is 80.9 Å². The molecule has 0 aliphatic carbocycles. The molecule has 2 aromatic heterocycles. The number of pyridine rings is 1. The first-order valence-corrected chi connectivity index (χ1v) is 4.40. The van der Waals surface area contributed by atoms with Crippen LogP contribution in [0.1, 0.15) is 26.5 Å². The van der Waals surface area contributed by atoms with Gasteiger partial charge in [-0.2, -0.15) is 0 Å². The third-order valence-corrected chi connectivity index (χ3v) is 1.99. The van der Waals surface area contributed by atoms with Gasteiger partial charge in [0.25, 0.3) is 0 Å². The van der Waals surface area contributed by atoms with Gasteiger partial charge in [0.05, 0.1) is 6.20 Å². The van der Waals surface area contributed by atoms with Crippen LogP contribution in [0.2, 0.25) is 0 Å². The van der Waals surface area contributed by atoms with Crippen molar-refractivity contribution in [1.82, 2.24) is 10.1 Å². The number of hydrogen-bond donors (Lipinski definition) is 0. The second-order valence-electron chi connectivity index (χ2n) is 4.28. The van der Waals surface area contributed by atoms with Gasteiger partial charge in [-0.1, -0.05) is 25.9 Å². The van der Waals surface area contributed by atoms with Crippen molar-refractivity contribution < 1.29 is 8.91 Å². The zero-order valence-corrected chi connectivity index (χ0v) is 8.34. The van der Waals surface area contributed by atoms with E-state index in [1.807, 2.05) is 20.8 Å². The quantitative estimate of drug-likeness (QED) is 0.647. The zero-order valence-electron chi connectivity index (χ0n) is 8.34. The number of hydrogen-bond acceptors (Lipinski definition) is 3. The molecule has 0 unspecified atom stereocenters. The van der Waals surface area contributed by atoms with E-state index in [-0.39, 0.29) is 5.41 Å². The van der Waals surface area contributed by atoms with Crippen LogP contribution < -0.4 is 0 Å². The highest BCUT2D eigenvalue weighted by Crippen LogP contribution is 2.27. The van der Waals surface area contributed by atoms with Gasteiger partial charge in [0.1, 0.15) is 17.0 Å². The summed E-state index contributed by atoms with van der Waals surface area (Å²) in [5.74, 6) is -0.408. The van der Waals surface area contributed by atoms with Gasteiger partial charge < -0.3 is 4.52 Å². The molecule has 0 fully saturated rings. The molecule has 2 heterocycles. The maximum absolute atomic E-state index is 12.8. The van der Waals surface area contributed by atoms with Crippen molar-refractivity contribution in [2.45, 2.75) is 26.2 Å². The van der Waals surface area contributed by atoms with E-state index in [0.717, 1.165) is 5.69 Å². The monoisotopic (exact) mass is 194 g/mol. The van der Waals surface area contributed by atoms with Crippen LogP contribution in [0.15, 0.2) is 16.8 Å². The molecule has 0 saturated carbocycles. The third kappa shape index (κ3) is 1.36. The standard InChI is InChI=1S/C10H11FN2O/c1-10(2,3)9-8-7(14-13-9)4-6(11)5-12-8/h4-5H,1-3H3. The largest absolute Gasteiger partial charge is 0.354 e. The predicted octanol–water partition coefficient (Wildman–Crippen LogP) is 2.66. The van der Waals surface area contributed by atoms with E-state index in [1.165, 1.54) is 12.3 Å². The molecule has 0 spiro atoms.